The lowest BCUT2D eigenvalue weighted by Gasteiger charge is -2.25. The maximum Gasteiger partial charge on any atom is 0.244 e. The lowest BCUT2D eigenvalue weighted by atomic mass is 10.2. The molecule has 0 unspecified atom stereocenters. The number of ether oxygens (including phenoxy) is 1. The highest BCUT2D eigenvalue weighted by Gasteiger charge is 2.25. The van der Waals surface area contributed by atoms with Crippen molar-refractivity contribution in [3.05, 3.63) is 23.2 Å². The number of nitrogens with one attached hydrogen (secondary N) is 1. The van der Waals surface area contributed by atoms with E-state index in [9.17, 15) is 16.8 Å². The normalized spacial score (nSPS) is 16.9. The predicted octanol–water partition coefficient (Wildman–Crippen LogP) is 1.44. The van der Waals surface area contributed by atoms with Gasteiger partial charge >= 0.3 is 0 Å². The largest absolute Gasteiger partial charge is 0.495 e. The van der Waals surface area contributed by atoms with Crippen LogP contribution < -0.4 is 9.46 Å². The van der Waals surface area contributed by atoms with Crippen molar-refractivity contribution in [3.8, 4) is 5.75 Å². The third kappa shape index (κ3) is 4.82. The fourth-order valence-corrected chi connectivity index (χ4v) is 5.54. The molecule has 1 aliphatic heterocycles. The van der Waals surface area contributed by atoms with E-state index in [1.165, 1.54) is 29.6 Å². The summed E-state index contributed by atoms with van der Waals surface area (Å²) in [5.41, 5.74) is 0. The summed E-state index contributed by atoms with van der Waals surface area (Å²) in [5, 5.41) is 0.247. The van der Waals surface area contributed by atoms with Gasteiger partial charge in [0.15, 0.2) is 0 Å². The Kier molecular flexibility index (Phi) is 6.49. The van der Waals surface area contributed by atoms with E-state index in [2.05, 4.69) is 4.72 Å². The van der Waals surface area contributed by atoms with Gasteiger partial charge in [0.25, 0.3) is 0 Å². The molecular formula is C14H21ClN2O5S2. The van der Waals surface area contributed by atoms with Crippen molar-refractivity contribution in [1.29, 1.82) is 0 Å². The average molecular weight is 397 g/mol. The van der Waals surface area contributed by atoms with Crippen molar-refractivity contribution >= 4 is 31.6 Å². The number of piperidine rings is 1. The van der Waals surface area contributed by atoms with E-state index in [0.29, 0.717) is 13.1 Å². The van der Waals surface area contributed by atoms with Gasteiger partial charge in [-0.15, -0.1) is 0 Å². The Hall–Kier alpha value is -0.870. The molecule has 24 heavy (non-hydrogen) atoms. The Morgan fingerprint density at radius 2 is 1.83 bits per heavy atom. The van der Waals surface area contributed by atoms with Crippen LogP contribution in [0.3, 0.4) is 0 Å². The minimum Gasteiger partial charge on any atom is -0.495 e. The molecule has 0 bridgehead atoms. The average Bonchev–Trinajstić information content (AvgIpc) is 2.55. The molecule has 1 N–H and O–H groups in total. The first-order chi connectivity index (χ1) is 11.3. The molecule has 1 aliphatic rings. The number of methoxy groups -OCH3 is 1. The third-order valence-electron chi connectivity index (χ3n) is 3.78. The summed E-state index contributed by atoms with van der Waals surface area (Å²) in [6, 6.07) is 4.23. The fraction of sp³-hybridized carbons (Fsp3) is 0.571. The summed E-state index contributed by atoms with van der Waals surface area (Å²) in [7, 11) is -6.03. The molecule has 0 spiro atoms. The molecule has 7 nitrogen and oxygen atoms in total. The van der Waals surface area contributed by atoms with Gasteiger partial charge in [-0.2, -0.15) is 0 Å². The quantitative estimate of drug-likeness (QED) is 0.752. The molecule has 0 aliphatic carbocycles. The molecule has 10 heteroatoms. The number of rotatable bonds is 7. The molecule has 1 saturated heterocycles. The second kappa shape index (κ2) is 8.01. The Labute approximate surface area is 148 Å². The van der Waals surface area contributed by atoms with Crippen LogP contribution in [0.15, 0.2) is 23.1 Å². The number of benzene rings is 1. The van der Waals surface area contributed by atoms with E-state index < -0.39 is 20.0 Å². The van der Waals surface area contributed by atoms with Gasteiger partial charge in [-0.25, -0.2) is 25.9 Å². The molecule has 0 amide bonds. The Morgan fingerprint density at radius 3 is 2.46 bits per heavy atom. The maximum atomic E-state index is 12.4. The van der Waals surface area contributed by atoms with Crippen LogP contribution in [0.25, 0.3) is 0 Å². The van der Waals surface area contributed by atoms with Crippen LogP contribution in [-0.4, -0.2) is 53.6 Å². The highest BCUT2D eigenvalue weighted by molar-refractivity contribution is 7.90. The summed E-state index contributed by atoms with van der Waals surface area (Å²) in [5.74, 6) is -0.138. The van der Waals surface area contributed by atoms with Crippen molar-refractivity contribution in [2.75, 3.05) is 32.5 Å². The number of hydrogen-bond donors (Lipinski definition) is 1. The van der Waals surface area contributed by atoms with Crippen molar-refractivity contribution in [2.45, 2.75) is 24.2 Å². The number of hydrogen-bond acceptors (Lipinski definition) is 5. The summed E-state index contributed by atoms with van der Waals surface area (Å²) >= 11 is 5.84. The zero-order valence-corrected chi connectivity index (χ0v) is 15.8. The van der Waals surface area contributed by atoms with Crippen LogP contribution in [0.2, 0.25) is 5.02 Å². The standard InChI is InChI=1S/C14H21ClN2O5S2/c1-22-13-6-5-12(15)11-14(13)24(20,21)16-7-10-23(18,19)17-8-3-2-4-9-17/h5-6,11,16H,2-4,7-10H2,1H3. The third-order valence-corrected chi connectivity index (χ3v) is 7.37. The SMILES string of the molecule is COc1ccc(Cl)cc1S(=O)(=O)NCCS(=O)(=O)N1CCCCC1. The van der Waals surface area contributed by atoms with Crippen LogP contribution in [0, 0.1) is 0 Å². The second-order valence-corrected chi connectivity index (χ2v) is 9.73. The molecular weight excluding hydrogens is 376 g/mol. The lowest BCUT2D eigenvalue weighted by molar-refractivity contribution is 0.346. The second-order valence-electron chi connectivity index (χ2n) is 5.47. The van der Waals surface area contributed by atoms with Crippen LogP contribution in [0.5, 0.6) is 5.75 Å². The number of nitrogens with zero attached hydrogens (tertiary/aromatic N) is 1. The number of sulfonamides is 2. The van der Waals surface area contributed by atoms with Crippen LogP contribution >= 0.6 is 11.6 Å². The molecule has 0 radical (unpaired) electrons. The smallest absolute Gasteiger partial charge is 0.244 e. The Morgan fingerprint density at radius 1 is 1.17 bits per heavy atom. The molecule has 2 rings (SSSR count). The monoisotopic (exact) mass is 396 g/mol. The van der Waals surface area contributed by atoms with Gasteiger partial charge in [0, 0.05) is 24.7 Å². The minimum atomic E-state index is -3.92. The van der Waals surface area contributed by atoms with E-state index in [-0.39, 0.29) is 28.0 Å². The van der Waals surface area contributed by atoms with Crippen molar-refractivity contribution in [2.24, 2.45) is 0 Å². The van der Waals surface area contributed by atoms with Gasteiger partial charge < -0.3 is 4.74 Å². The van der Waals surface area contributed by atoms with Crippen LogP contribution in [0.1, 0.15) is 19.3 Å². The summed E-state index contributed by atoms with van der Waals surface area (Å²) in [6.45, 7) is 0.783. The molecule has 0 atom stereocenters. The van der Waals surface area contributed by atoms with Gasteiger partial charge in [-0.1, -0.05) is 18.0 Å². The summed E-state index contributed by atoms with van der Waals surface area (Å²) < 4.78 is 57.9. The zero-order valence-electron chi connectivity index (χ0n) is 13.4. The molecule has 1 heterocycles. The molecule has 1 fully saturated rings. The molecule has 0 aromatic heterocycles. The summed E-state index contributed by atoms with van der Waals surface area (Å²) in [4.78, 5) is -0.118. The summed E-state index contributed by atoms with van der Waals surface area (Å²) in [6.07, 6.45) is 2.70. The van der Waals surface area contributed by atoms with Gasteiger partial charge in [-0.3, -0.25) is 0 Å². The number of halogens is 1. The van der Waals surface area contributed by atoms with E-state index in [1.54, 1.807) is 0 Å². The lowest BCUT2D eigenvalue weighted by Crippen LogP contribution is -2.40. The Balaban J connectivity index is 2.04. The fourth-order valence-electron chi connectivity index (χ4n) is 2.52. The Bertz CT molecular complexity index is 774. The van der Waals surface area contributed by atoms with Gasteiger partial charge in [0.1, 0.15) is 10.6 Å². The van der Waals surface area contributed by atoms with Crippen LogP contribution in [-0.2, 0) is 20.0 Å². The highest BCUT2D eigenvalue weighted by atomic mass is 35.5. The van der Waals surface area contributed by atoms with E-state index in [4.69, 9.17) is 16.3 Å². The van der Waals surface area contributed by atoms with E-state index >= 15 is 0 Å². The predicted molar refractivity (Wildman–Crippen MR) is 92.4 cm³/mol. The first-order valence-electron chi connectivity index (χ1n) is 7.57. The molecule has 136 valence electrons. The van der Waals surface area contributed by atoms with Gasteiger partial charge in [0.2, 0.25) is 20.0 Å². The minimum absolute atomic E-state index is 0.118. The topological polar surface area (TPSA) is 92.8 Å². The van der Waals surface area contributed by atoms with Crippen molar-refractivity contribution in [3.63, 3.8) is 0 Å². The first kappa shape index (κ1) is 19.5. The van der Waals surface area contributed by atoms with E-state index in [1.807, 2.05) is 0 Å². The van der Waals surface area contributed by atoms with Gasteiger partial charge in [0.05, 0.1) is 12.9 Å². The van der Waals surface area contributed by atoms with Crippen LogP contribution in [0.4, 0.5) is 0 Å². The molecule has 1 aromatic rings. The van der Waals surface area contributed by atoms with Crippen molar-refractivity contribution in [1.82, 2.24) is 9.03 Å². The van der Waals surface area contributed by atoms with Crippen molar-refractivity contribution < 1.29 is 21.6 Å². The van der Waals surface area contributed by atoms with Gasteiger partial charge in [-0.05, 0) is 31.0 Å². The van der Waals surface area contributed by atoms with E-state index in [0.717, 1.165) is 19.3 Å². The molecule has 0 saturated carbocycles. The highest BCUT2D eigenvalue weighted by Crippen LogP contribution is 2.26. The molecule has 1 aromatic carbocycles. The zero-order chi connectivity index (χ0) is 17.8. The maximum absolute atomic E-state index is 12.4. The first-order valence-corrected chi connectivity index (χ1v) is 11.0.